The van der Waals surface area contributed by atoms with Crippen molar-refractivity contribution in [2.45, 2.75) is 46.2 Å². The third-order valence-electron chi connectivity index (χ3n) is 4.81. The van der Waals surface area contributed by atoms with E-state index >= 15 is 0 Å². The maximum Gasteiger partial charge on any atom is 0.0581 e. The van der Waals surface area contributed by atoms with Crippen molar-refractivity contribution in [3.8, 4) is 0 Å². The molecule has 0 N–H and O–H groups in total. The van der Waals surface area contributed by atoms with Crippen LogP contribution in [0.2, 0.25) is 0 Å². The standard InChI is InChI=1S/C21H28N2/c1-15(2)20-14-23(20)21(16(3)4)19-12-8-11-18(22-19)13-17-9-6-5-7-10-17/h5-12,15-16,20-21H,13-14H2,1-4H3/t20-,21+,23?/m1/s1. The number of hydrogen-bond acceptors (Lipinski definition) is 2. The quantitative estimate of drug-likeness (QED) is 0.718. The highest BCUT2D eigenvalue weighted by atomic mass is 15.3. The minimum Gasteiger partial charge on any atom is -0.288 e. The predicted octanol–water partition coefficient (Wildman–Crippen LogP) is 4.71. The molecule has 0 radical (unpaired) electrons. The molecule has 2 heterocycles. The highest BCUT2D eigenvalue weighted by Crippen LogP contribution is 2.39. The van der Waals surface area contributed by atoms with Crippen molar-refractivity contribution < 1.29 is 0 Å². The van der Waals surface area contributed by atoms with Crippen LogP contribution in [0.4, 0.5) is 0 Å². The Morgan fingerprint density at radius 1 is 1.00 bits per heavy atom. The van der Waals surface area contributed by atoms with Gasteiger partial charge in [-0.05, 0) is 29.5 Å². The summed E-state index contributed by atoms with van der Waals surface area (Å²) >= 11 is 0. The van der Waals surface area contributed by atoms with Crippen LogP contribution in [0.3, 0.4) is 0 Å². The first kappa shape index (κ1) is 16.2. The highest BCUT2D eigenvalue weighted by Gasteiger charge is 2.43. The molecule has 1 saturated heterocycles. The average Bonchev–Trinajstić information content (AvgIpc) is 3.29. The molecule has 23 heavy (non-hydrogen) atoms. The molecule has 1 fully saturated rings. The fourth-order valence-corrected chi connectivity index (χ4v) is 3.54. The Balaban J connectivity index is 1.80. The van der Waals surface area contributed by atoms with E-state index in [4.69, 9.17) is 4.98 Å². The molecule has 2 nitrogen and oxygen atoms in total. The minimum atomic E-state index is 0.443. The minimum absolute atomic E-state index is 0.443. The molecule has 0 spiro atoms. The van der Waals surface area contributed by atoms with Crippen LogP contribution < -0.4 is 0 Å². The lowest BCUT2D eigenvalue weighted by molar-refractivity contribution is 0.273. The fraction of sp³-hybridized carbons (Fsp3) is 0.476. The Morgan fingerprint density at radius 3 is 2.35 bits per heavy atom. The highest BCUT2D eigenvalue weighted by molar-refractivity contribution is 5.24. The lowest BCUT2D eigenvalue weighted by atomic mass is 9.99. The number of benzene rings is 1. The van der Waals surface area contributed by atoms with Crippen molar-refractivity contribution in [1.29, 1.82) is 0 Å². The van der Waals surface area contributed by atoms with Gasteiger partial charge in [0.05, 0.1) is 11.7 Å². The van der Waals surface area contributed by atoms with E-state index < -0.39 is 0 Å². The maximum atomic E-state index is 5.00. The van der Waals surface area contributed by atoms with E-state index in [0.29, 0.717) is 12.0 Å². The second-order valence-corrected chi connectivity index (χ2v) is 7.41. The van der Waals surface area contributed by atoms with Crippen LogP contribution in [0.1, 0.15) is 50.7 Å². The molecule has 0 aliphatic carbocycles. The number of nitrogens with zero attached hydrogens (tertiary/aromatic N) is 2. The zero-order valence-corrected chi connectivity index (χ0v) is 14.7. The van der Waals surface area contributed by atoms with Gasteiger partial charge in [0.25, 0.3) is 0 Å². The first-order valence-corrected chi connectivity index (χ1v) is 8.81. The molecule has 0 amide bonds. The molecule has 0 bridgehead atoms. The second kappa shape index (κ2) is 6.84. The van der Waals surface area contributed by atoms with E-state index in [9.17, 15) is 0 Å². The molecule has 1 aromatic heterocycles. The van der Waals surface area contributed by atoms with E-state index in [1.807, 2.05) is 0 Å². The van der Waals surface area contributed by atoms with Crippen LogP contribution in [-0.4, -0.2) is 22.5 Å². The summed E-state index contributed by atoms with van der Waals surface area (Å²) in [6.07, 6.45) is 0.910. The van der Waals surface area contributed by atoms with Crippen molar-refractivity contribution in [3.05, 3.63) is 65.5 Å². The van der Waals surface area contributed by atoms with Gasteiger partial charge in [0.2, 0.25) is 0 Å². The molecule has 1 aliphatic heterocycles. The Morgan fingerprint density at radius 2 is 1.74 bits per heavy atom. The molecule has 3 rings (SSSR count). The Hall–Kier alpha value is -1.67. The Kier molecular flexibility index (Phi) is 4.82. The zero-order valence-electron chi connectivity index (χ0n) is 14.7. The van der Waals surface area contributed by atoms with Crippen molar-refractivity contribution in [3.63, 3.8) is 0 Å². The summed E-state index contributed by atoms with van der Waals surface area (Å²) in [6.45, 7) is 10.5. The monoisotopic (exact) mass is 308 g/mol. The summed E-state index contributed by atoms with van der Waals surface area (Å²) in [5.41, 5.74) is 3.73. The second-order valence-electron chi connectivity index (χ2n) is 7.41. The van der Waals surface area contributed by atoms with Crippen molar-refractivity contribution in [2.24, 2.45) is 11.8 Å². The number of rotatable bonds is 6. The molecule has 1 aromatic carbocycles. The van der Waals surface area contributed by atoms with Gasteiger partial charge >= 0.3 is 0 Å². The van der Waals surface area contributed by atoms with Crippen LogP contribution in [-0.2, 0) is 6.42 Å². The number of aromatic nitrogens is 1. The van der Waals surface area contributed by atoms with E-state index in [-0.39, 0.29) is 0 Å². The van der Waals surface area contributed by atoms with Gasteiger partial charge in [-0.1, -0.05) is 64.1 Å². The van der Waals surface area contributed by atoms with Crippen LogP contribution in [0, 0.1) is 11.8 Å². The normalized spacial score (nSPS) is 21.7. The van der Waals surface area contributed by atoms with Gasteiger partial charge in [-0.2, -0.15) is 0 Å². The van der Waals surface area contributed by atoms with E-state index in [0.717, 1.165) is 18.4 Å². The lowest BCUT2D eigenvalue weighted by Crippen LogP contribution is -2.21. The molecular weight excluding hydrogens is 280 g/mol. The molecule has 2 aromatic rings. The first-order valence-electron chi connectivity index (χ1n) is 8.81. The van der Waals surface area contributed by atoms with Gasteiger partial charge in [0, 0.05) is 24.7 Å². The van der Waals surface area contributed by atoms with Gasteiger partial charge in [-0.25, -0.2) is 0 Å². The molecule has 3 atom stereocenters. The fourth-order valence-electron chi connectivity index (χ4n) is 3.54. The topological polar surface area (TPSA) is 15.9 Å². The molecule has 2 heteroatoms. The van der Waals surface area contributed by atoms with Crippen LogP contribution in [0.5, 0.6) is 0 Å². The molecular formula is C21H28N2. The van der Waals surface area contributed by atoms with Gasteiger partial charge in [-0.3, -0.25) is 9.88 Å². The van der Waals surface area contributed by atoms with E-state index in [1.54, 1.807) is 0 Å². The van der Waals surface area contributed by atoms with Crippen molar-refractivity contribution in [2.75, 3.05) is 6.54 Å². The average molecular weight is 308 g/mol. The predicted molar refractivity (Wildman–Crippen MR) is 96.4 cm³/mol. The first-order chi connectivity index (χ1) is 11.1. The van der Waals surface area contributed by atoms with Crippen LogP contribution in [0.15, 0.2) is 48.5 Å². The summed E-state index contributed by atoms with van der Waals surface area (Å²) in [7, 11) is 0. The van der Waals surface area contributed by atoms with Gasteiger partial charge in [0.1, 0.15) is 0 Å². The summed E-state index contributed by atoms with van der Waals surface area (Å²) in [5, 5.41) is 0. The third-order valence-corrected chi connectivity index (χ3v) is 4.81. The third kappa shape index (κ3) is 3.81. The molecule has 122 valence electrons. The molecule has 1 aliphatic rings. The smallest absolute Gasteiger partial charge is 0.0581 e. The summed E-state index contributed by atoms with van der Waals surface area (Å²) in [6, 6.07) is 18.3. The summed E-state index contributed by atoms with van der Waals surface area (Å²) in [5.74, 6) is 1.31. The Labute approximate surface area is 140 Å². The maximum absolute atomic E-state index is 5.00. The van der Waals surface area contributed by atoms with E-state index in [1.165, 1.54) is 23.5 Å². The molecule has 1 unspecified atom stereocenters. The summed E-state index contributed by atoms with van der Waals surface area (Å²) in [4.78, 5) is 7.62. The lowest BCUT2D eigenvalue weighted by Gasteiger charge is -2.24. The van der Waals surface area contributed by atoms with Crippen LogP contribution in [0.25, 0.3) is 0 Å². The Bertz CT molecular complexity index is 633. The number of pyridine rings is 1. The van der Waals surface area contributed by atoms with Gasteiger partial charge in [-0.15, -0.1) is 0 Å². The molecule has 0 saturated carbocycles. The van der Waals surface area contributed by atoms with Crippen molar-refractivity contribution >= 4 is 0 Å². The zero-order chi connectivity index (χ0) is 16.4. The van der Waals surface area contributed by atoms with Gasteiger partial charge in [0.15, 0.2) is 0 Å². The van der Waals surface area contributed by atoms with Crippen molar-refractivity contribution in [1.82, 2.24) is 9.88 Å². The van der Waals surface area contributed by atoms with E-state index in [2.05, 4.69) is 81.1 Å². The van der Waals surface area contributed by atoms with Crippen LogP contribution >= 0.6 is 0 Å². The SMILES string of the molecule is CC(C)[C@H]1CN1[C@H](c1cccc(Cc2ccccc2)n1)C(C)C. The van der Waals surface area contributed by atoms with Gasteiger partial charge < -0.3 is 0 Å². The number of hydrogen-bond donors (Lipinski definition) is 0. The largest absolute Gasteiger partial charge is 0.288 e. The summed E-state index contributed by atoms with van der Waals surface area (Å²) < 4.78 is 0.